The molecular formula is C18H25F3N2O5S. The highest BCUT2D eigenvalue weighted by atomic mass is 32.2. The van der Waals surface area contributed by atoms with Crippen LogP contribution in [0.25, 0.3) is 0 Å². The molecular weight excluding hydrogens is 413 g/mol. The Balaban J connectivity index is 0.000000298. The van der Waals surface area contributed by atoms with Gasteiger partial charge in [0.25, 0.3) is 0 Å². The van der Waals surface area contributed by atoms with Crippen molar-refractivity contribution in [2.45, 2.75) is 56.6 Å². The van der Waals surface area contributed by atoms with Crippen molar-refractivity contribution in [3.8, 4) is 0 Å². The number of hydrogen-bond donors (Lipinski definition) is 1. The summed E-state index contributed by atoms with van der Waals surface area (Å²) in [6, 6.07) is 4.28. The molecule has 0 bridgehead atoms. The summed E-state index contributed by atoms with van der Waals surface area (Å²) >= 11 is 0. The first kappa shape index (κ1) is 22.1. The Labute approximate surface area is 167 Å². The van der Waals surface area contributed by atoms with Crippen molar-refractivity contribution in [1.29, 1.82) is 0 Å². The number of hydrogen-bond acceptors (Lipinski definition) is 5. The summed E-state index contributed by atoms with van der Waals surface area (Å²) in [7, 11) is -3.01. The van der Waals surface area contributed by atoms with E-state index in [0.717, 1.165) is 63.4 Å². The molecule has 1 aliphatic carbocycles. The average molecular weight is 438 g/mol. The van der Waals surface area contributed by atoms with Crippen LogP contribution in [0.3, 0.4) is 0 Å². The first-order valence-electron chi connectivity index (χ1n) is 9.57. The number of alkyl halides is 3. The number of carboxylic acid groups (broad SMARTS) is 1. The predicted molar refractivity (Wildman–Crippen MR) is 97.6 cm³/mol. The van der Waals surface area contributed by atoms with Gasteiger partial charge in [0, 0.05) is 25.7 Å². The minimum absolute atomic E-state index is 0.0737. The lowest BCUT2D eigenvalue weighted by Crippen LogP contribution is -2.47. The molecule has 1 aromatic heterocycles. The number of rotatable bonds is 4. The molecule has 3 heterocycles. The van der Waals surface area contributed by atoms with E-state index < -0.39 is 22.2 Å². The number of piperidine rings is 1. The molecule has 1 N–H and O–H groups in total. The van der Waals surface area contributed by atoms with Gasteiger partial charge in [-0.15, -0.1) is 0 Å². The van der Waals surface area contributed by atoms with Crippen LogP contribution in [0.1, 0.15) is 37.2 Å². The molecule has 164 valence electrons. The fourth-order valence-electron chi connectivity index (χ4n) is 4.02. The molecule has 3 fully saturated rings. The molecule has 0 radical (unpaired) electrons. The number of carbonyl (C=O) groups is 1. The van der Waals surface area contributed by atoms with E-state index in [9.17, 15) is 21.6 Å². The van der Waals surface area contributed by atoms with E-state index in [0.29, 0.717) is 5.92 Å². The molecule has 1 aromatic rings. The number of sulfonamides is 1. The lowest BCUT2D eigenvalue weighted by molar-refractivity contribution is -0.192. The Kier molecular flexibility index (Phi) is 6.30. The number of nitrogens with zero attached hydrogens (tertiary/aromatic N) is 2. The van der Waals surface area contributed by atoms with E-state index in [1.54, 1.807) is 0 Å². The summed E-state index contributed by atoms with van der Waals surface area (Å²) < 4.78 is 64.3. The van der Waals surface area contributed by atoms with E-state index in [2.05, 4.69) is 4.90 Å². The van der Waals surface area contributed by atoms with Gasteiger partial charge < -0.3 is 9.52 Å². The third-order valence-corrected chi connectivity index (χ3v) is 7.98. The number of furan rings is 1. The Morgan fingerprint density at radius 1 is 1.21 bits per heavy atom. The van der Waals surface area contributed by atoms with E-state index in [1.807, 2.05) is 23.4 Å². The molecule has 2 atom stereocenters. The standard InChI is InChI=1S/C16H24N2O3S.C2HF3O2/c1-12-2-3-14(21-12)11-17-8-7-16-13(10-17)6-9-18(16)22(19,20)15-4-5-15;3-2(4,5)1(6)7/h2-3,13,15-16H,4-11H2,1H3;(H,6,7). The molecule has 4 rings (SSSR count). The van der Waals surface area contributed by atoms with Gasteiger partial charge in [-0.3, -0.25) is 4.90 Å². The molecule has 3 aliphatic rings. The monoisotopic (exact) mass is 438 g/mol. The fraction of sp³-hybridized carbons (Fsp3) is 0.722. The quantitative estimate of drug-likeness (QED) is 0.777. The predicted octanol–water partition coefficient (Wildman–Crippen LogP) is 2.61. The molecule has 2 unspecified atom stereocenters. The highest BCUT2D eigenvalue weighted by Gasteiger charge is 2.48. The van der Waals surface area contributed by atoms with Gasteiger partial charge in [-0.2, -0.15) is 17.5 Å². The Hall–Kier alpha value is -1.59. The smallest absolute Gasteiger partial charge is 0.475 e. The number of halogens is 3. The van der Waals surface area contributed by atoms with Gasteiger partial charge in [-0.25, -0.2) is 13.2 Å². The van der Waals surface area contributed by atoms with Gasteiger partial charge in [0.2, 0.25) is 10.0 Å². The van der Waals surface area contributed by atoms with E-state index in [1.165, 1.54) is 0 Å². The molecule has 1 saturated carbocycles. The Morgan fingerprint density at radius 3 is 2.38 bits per heavy atom. The lowest BCUT2D eigenvalue weighted by Gasteiger charge is -2.37. The van der Waals surface area contributed by atoms with Crippen LogP contribution in [0.15, 0.2) is 16.5 Å². The largest absolute Gasteiger partial charge is 0.490 e. The zero-order valence-corrected chi connectivity index (χ0v) is 16.9. The molecule has 11 heteroatoms. The first-order valence-corrected chi connectivity index (χ1v) is 11.1. The lowest BCUT2D eigenvalue weighted by atomic mass is 9.93. The highest BCUT2D eigenvalue weighted by Crippen LogP contribution is 2.39. The van der Waals surface area contributed by atoms with Crippen molar-refractivity contribution in [2.24, 2.45) is 5.92 Å². The summed E-state index contributed by atoms with van der Waals surface area (Å²) in [6.45, 7) is 5.47. The number of carboxylic acids is 1. The van der Waals surface area contributed by atoms with Crippen molar-refractivity contribution >= 4 is 16.0 Å². The summed E-state index contributed by atoms with van der Waals surface area (Å²) in [5.74, 6) is -0.310. The van der Waals surface area contributed by atoms with E-state index >= 15 is 0 Å². The van der Waals surface area contributed by atoms with Gasteiger partial charge >= 0.3 is 12.1 Å². The van der Waals surface area contributed by atoms with Gasteiger partial charge in [-0.05, 0) is 50.7 Å². The highest BCUT2D eigenvalue weighted by molar-refractivity contribution is 7.90. The van der Waals surface area contributed by atoms with Gasteiger partial charge in [0.1, 0.15) is 11.5 Å². The summed E-state index contributed by atoms with van der Waals surface area (Å²) in [6.07, 6.45) is -1.40. The third-order valence-electron chi connectivity index (χ3n) is 5.56. The van der Waals surface area contributed by atoms with E-state index in [-0.39, 0.29) is 11.3 Å². The second-order valence-corrected chi connectivity index (χ2v) is 9.98. The molecule has 2 saturated heterocycles. The Morgan fingerprint density at radius 2 is 1.86 bits per heavy atom. The Bertz CT molecular complexity index is 835. The second kappa shape index (κ2) is 8.27. The van der Waals surface area contributed by atoms with Crippen molar-refractivity contribution in [3.05, 3.63) is 23.7 Å². The van der Waals surface area contributed by atoms with Gasteiger partial charge in [0.15, 0.2) is 0 Å². The molecule has 2 aliphatic heterocycles. The normalized spacial score (nSPS) is 25.9. The fourth-order valence-corrected chi connectivity index (χ4v) is 6.15. The first-order chi connectivity index (χ1) is 13.5. The van der Waals surface area contributed by atoms with Crippen LogP contribution in [-0.2, 0) is 21.4 Å². The minimum atomic E-state index is -5.08. The van der Waals surface area contributed by atoms with Crippen LogP contribution in [0.4, 0.5) is 13.2 Å². The van der Waals surface area contributed by atoms with Crippen molar-refractivity contribution < 1.29 is 35.9 Å². The number of likely N-dealkylation sites (tertiary alicyclic amines) is 1. The van der Waals surface area contributed by atoms with Crippen molar-refractivity contribution in [1.82, 2.24) is 9.21 Å². The van der Waals surface area contributed by atoms with Crippen LogP contribution in [0.2, 0.25) is 0 Å². The van der Waals surface area contributed by atoms with Gasteiger partial charge in [-0.1, -0.05) is 0 Å². The van der Waals surface area contributed by atoms with Crippen LogP contribution in [-0.4, -0.2) is 65.8 Å². The topological polar surface area (TPSA) is 91.1 Å². The maximum atomic E-state index is 12.5. The molecule has 29 heavy (non-hydrogen) atoms. The summed E-state index contributed by atoms with van der Waals surface area (Å²) in [4.78, 5) is 11.3. The van der Waals surface area contributed by atoms with Crippen LogP contribution < -0.4 is 0 Å². The number of aryl methyl sites for hydroxylation is 1. The maximum absolute atomic E-state index is 12.5. The van der Waals surface area contributed by atoms with Gasteiger partial charge in [0.05, 0.1) is 11.8 Å². The second-order valence-electron chi connectivity index (χ2n) is 7.81. The van der Waals surface area contributed by atoms with Crippen LogP contribution >= 0.6 is 0 Å². The summed E-state index contributed by atoms with van der Waals surface area (Å²) in [5, 5.41) is 7.05. The molecule has 0 amide bonds. The number of aliphatic carboxylic acids is 1. The average Bonchev–Trinajstić information content (AvgIpc) is 3.29. The SMILES string of the molecule is Cc1ccc(CN2CCC3C(CCN3S(=O)(=O)C3CC3)C2)o1.O=C(O)C(F)(F)F. The zero-order valence-electron chi connectivity index (χ0n) is 16.1. The minimum Gasteiger partial charge on any atom is -0.475 e. The van der Waals surface area contributed by atoms with Crippen LogP contribution in [0, 0.1) is 12.8 Å². The van der Waals surface area contributed by atoms with Crippen LogP contribution in [0.5, 0.6) is 0 Å². The number of fused-ring (bicyclic) bond motifs is 1. The van der Waals surface area contributed by atoms with Crippen molar-refractivity contribution in [3.63, 3.8) is 0 Å². The summed E-state index contributed by atoms with van der Waals surface area (Å²) in [5.41, 5.74) is 0. The molecule has 0 spiro atoms. The molecule has 0 aromatic carbocycles. The zero-order chi connectivity index (χ0) is 21.4. The maximum Gasteiger partial charge on any atom is 0.490 e. The molecule has 7 nitrogen and oxygen atoms in total. The van der Waals surface area contributed by atoms with Crippen molar-refractivity contribution in [2.75, 3.05) is 19.6 Å². The van der Waals surface area contributed by atoms with E-state index in [4.69, 9.17) is 14.3 Å². The third kappa shape index (κ3) is 5.32.